The predicted octanol–water partition coefficient (Wildman–Crippen LogP) is 4.20. The Labute approximate surface area is 99.3 Å². The van der Waals surface area contributed by atoms with Gasteiger partial charge in [-0.25, -0.2) is 4.98 Å². The van der Waals surface area contributed by atoms with E-state index in [-0.39, 0.29) is 5.52 Å². The van der Waals surface area contributed by atoms with E-state index in [9.17, 15) is 22.0 Å². The van der Waals surface area contributed by atoms with E-state index in [0.29, 0.717) is 10.9 Å². The highest BCUT2D eigenvalue weighted by Crippen LogP contribution is 2.43. The zero-order valence-corrected chi connectivity index (χ0v) is 9.22. The molecule has 6 heteroatoms. The fourth-order valence-corrected chi connectivity index (χ4v) is 1.66. The Balaban J connectivity index is 2.67. The van der Waals surface area contributed by atoms with E-state index in [2.05, 4.69) is 4.98 Å². The third kappa shape index (κ3) is 1.91. The first-order chi connectivity index (χ1) is 8.23. The molecule has 96 valence electrons. The molecule has 0 unspecified atom stereocenters. The standard InChI is InChI=1S/C12H8F5N/c1-7-6-10(11(13,14)12(15,16)17)18-9-5-3-2-4-8(7)9/h2-6H,1H3. The van der Waals surface area contributed by atoms with E-state index >= 15 is 0 Å². The average molecular weight is 261 g/mol. The number of aromatic nitrogens is 1. The first-order valence-corrected chi connectivity index (χ1v) is 5.05. The van der Waals surface area contributed by atoms with Gasteiger partial charge in [-0.3, -0.25) is 0 Å². The molecule has 0 radical (unpaired) electrons. The molecule has 18 heavy (non-hydrogen) atoms. The largest absolute Gasteiger partial charge is 0.459 e. The molecule has 0 spiro atoms. The summed E-state index contributed by atoms with van der Waals surface area (Å²) in [6.07, 6.45) is -5.64. The minimum Gasteiger partial charge on any atom is -0.246 e. The van der Waals surface area contributed by atoms with Gasteiger partial charge in [-0.1, -0.05) is 18.2 Å². The van der Waals surface area contributed by atoms with Crippen molar-refractivity contribution in [3.8, 4) is 0 Å². The Hall–Kier alpha value is -1.72. The summed E-state index contributed by atoms with van der Waals surface area (Å²) in [4.78, 5) is 3.40. The quantitative estimate of drug-likeness (QED) is 0.701. The third-order valence-corrected chi connectivity index (χ3v) is 2.60. The van der Waals surface area contributed by atoms with Crippen LogP contribution in [-0.4, -0.2) is 11.2 Å². The molecular formula is C12H8F5N. The monoisotopic (exact) mass is 261 g/mol. The van der Waals surface area contributed by atoms with Gasteiger partial charge >= 0.3 is 12.1 Å². The molecule has 0 N–H and O–H groups in total. The number of halogens is 5. The molecule has 0 saturated carbocycles. The van der Waals surface area contributed by atoms with E-state index in [0.717, 1.165) is 6.07 Å². The van der Waals surface area contributed by atoms with Crippen LogP contribution in [-0.2, 0) is 5.92 Å². The summed E-state index contributed by atoms with van der Waals surface area (Å²) in [5.74, 6) is -4.94. The van der Waals surface area contributed by atoms with Crippen molar-refractivity contribution in [3.63, 3.8) is 0 Å². The van der Waals surface area contributed by atoms with Gasteiger partial charge in [-0.05, 0) is 24.6 Å². The Morgan fingerprint density at radius 3 is 2.22 bits per heavy atom. The van der Waals surface area contributed by atoms with Crippen LogP contribution in [0.4, 0.5) is 22.0 Å². The van der Waals surface area contributed by atoms with Crippen LogP contribution in [0.2, 0.25) is 0 Å². The van der Waals surface area contributed by atoms with Crippen molar-refractivity contribution in [2.24, 2.45) is 0 Å². The van der Waals surface area contributed by atoms with Crippen molar-refractivity contribution in [1.29, 1.82) is 0 Å². The molecule has 1 nitrogen and oxygen atoms in total. The number of hydrogen-bond acceptors (Lipinski definition) is 1. The highest BCUT2D eigenvalue weighted by molar-refractivity contribution is 5.82. The molecule has 1 aromatic heterocycles. The van der Waals surface area contributed by atoms with Crippen LogP contribution in [0.1, 0.15) is 11.3 Å². The lowest BCUT2D eigenvalue weighted by molar-refractivity contribution is -0.290. The summed E-state index contributed by atoms with van der Waals surface area (Å²) in [6.45, 7) is 1.47. The highest BCUT2D eigenvalue weighted by atomic mass is 19.4. The van der Waals surface area contributed by atoms with E-state index in [1.807, 2.05) is 0 Å². The molecular weight excluding hydrogens is 253 g/mol. The number of fused-ring (bicyclic) bond motifs is 1. The normalized spacial score (nSPS) is 13.0. The van der Waals surface area contributed by atoms with Gasteiger partial charge in [0.1, 0.15) is 5.69 Å². The van der Waals surface area contributed by atoms with Crippen molar-refractivity contribution < 1.29 is 22.0 Å². The zero-order chi connectivity index (χ0) is 13.6. The van der Waals surface area contributed by atoms with Gasteiger partial charge in [0.05, 0.1) is 5.52 Å². The van der Waals surface area contributed by atoms with Gasteiger partial charge in [-0.2, -0.15) is 22.0 Å². The van der Waals surface area contributed by atoms with Crippen LogP contribution < -0.4 is 0 Å². The third-order valence-electron chi connectivity index (χ3n) is 2.60. The van der Waals surface area contributed by atoms with Gasteiger partial charge in [0.15, 0.2) is 0 Å². The summed E-state index contributed by atoms with van der Waals surface area (Å²) >= 11 is 0. The van der Waals surface area contributed by atoms with Crippen molar-refractivity contribution in [3.05, 3.63) is 41.6 Å². The second-order valence-corrected chi connectivity index (χ2v) is 3.91. The highest BCUT2D eigenvalue weighted by Gasteiger charge is 2.60. The van der Waals surface area contributed by atoms with Crippen LogP contribution in [0, 0.1) is 6.92 Å². The van der Waals surface area contributed by atoms with Crippen LogP contribution in [0.15, 0.2) is 30.3 Å². The van der Waals surface area contributed by atoms with E-state index in [4.69, 9.17) is 0 Å². The number of hydrogen-bond donors (Lipinski definition) is 0. The van der Waals surface area contributed by atoms with Gasteiger partial charge in [-0.15, -0.1) is 0 Å². The minimum atomic E-state index is -5.64. The number of rotatable bonds is 1. The maximum atomic E-state index is 13.2. The molecule has 0 saturated heterocycles. The number of aryl methyl sites for hydroxylation is 1. The average Bonchev–Trinajstić information content (AvgIpc) is 2.27. The summed E-state index contributed by atoms with van der Waals surface area (Å²) in [7, 11) is 0. The first kappa shape index (κ1) is 12.7. The van der Waals surface area contributed by atoms with Gasteiger partial charge < -0.3 is 0 Å². The molecule has 0 fully saturated rings. The van der Waals surface area contributed by atoms with Crippen molar-refractivity contribution in [2.75, 3.05) is 0 Å². The number of nitrogens with zero attached hydrogens (tertiary/aromatic N) is 1. The SMILES string of the molecule is Cc1cc(C(F)(F)C(F)(F)F)nc2ccccc12. The Morgan fingerprint density at radius 2 is 1.61 bits per heavy atom. The molecule has 2 rings (SSSR count). The van der Waals surface area contributed by atoms with Crippen LogP contribution >= 0.6 is 0 Å². The Bertz CT molecular complexity index is 589. The van der Waals surface area contributed by atoms with Crippen molar-refractivity contribution in [2.45, 2.75) is 19.0 Å². The summed E-state index contributed by atoms with van der Waals surface area (Å²) in [5.41, 5.74) is -0.817. The molecule has 0 aliphatic heterocycles. The molecule has 0 aliphatic carbocycles. The number of pyridine rings is 1. The summed E-state index contributed by atoms with van der Waals surface area (Å²) in [5, 5.41) is 0.555. The maximum Gasteiger partial charge on any atom is 0.459 e. The lowest BCUT2D eigenvalue weighted by atomic mass is 10.1. The smallest absolute Gasteiger partial charge is 0.246 e. The second-order valence-electron chi connectivity index (χ2n) is 3.91. The second kappa shape index (κ2) is 3.90. The number of para-hydroxylation sites is 1. The first-order valence-electron chi connectivity index (χ1n) is 5.05. The van der Waals surface area contributed by atoms with E-state index in [1.165, 1.54) is 19.1 Å². The van der Waals surface area contributed by atoms with E-state index in [1.54, 1.807) is 12.1 Å². The lowest BCUT2D eigenvalue weighted by Gasteiger charge is -2.19. The summed E-state index contributed by atoms with van der Waals surface area (Å²) in [6, 6.07) is 6.99. The molecule has 0 amide bonds. The number of alkyl halides is 5. The maximum absolute atomic E-state index is 13.2. The fraction of sp³-hybridized carbons (Fsp3) is 0.250. The predicted molar refractivity (Wildman–Crippen MR) is 56.4 cm³/mol. The molecule has 0 bridgehead atoms. The van der Waals surface area contributed by atoms with E-state index < -0.39 is 17.8 Å². The molecule has 0 aliphatic rings. The molecule has 2 aromatic rings. The topological polar surface area (TPSA) is 12.9 Å². The van der Waals surface area contributed by atoms with Crippen molar-refractivity contribution >= 4 is 10.9 Å². The molecule has 1 heterocycles. The zero-order valence-electron chi connectivity index (χ0n) is 9.22. The van der Waals surface area contributed by atoms with Crippen LogP contribution in [0.25, 0.3) is 10.9 Å². The van der Waals surface area contributed by atoms with Crippen LogP contribution in [0.3, 0.4) is 0 Å². The number of benzene rings is 1. The van der Waals surface area contributed by atoms with Crippen molar-refractivity contribution in [1.82, 2.24) is 4.98 Å². The Kier molecular flexibility index (Phi) is 2.76. The van der Waals surface area contributed by atoms with Gasteiger partial charge in [0, 0.05) is 5.39 Å². The minimum absolute atomic E-state index is 0.122. The molecule has 1 aromatic carbocycles. The fourth-order valence-electron chi connectivity index (χ4n) is 1.66. The van der Waals surface area contributed by atoms with Crippen LogP contribution in [0.5, 0.6) is 0 Å². The summed E-state index contributed by atoms with van der Waals surface area (Å²) < 4.78 is 63.1. The lowest BCUT2D eigenvalue weighted by Crippen LogP contribution is -2.34. The molecule has 0 atom stereocenters. The van der Waals surface area contributed by atoms with Gasteiger partial charge in [0.25, 0.3) is 0 Å². The Morgan fingerprint density at radius 1 is 1.00 bits per heavy atom. The van der Waals surface area contributed by atoms with Gasteiger partial charge in [0.2, 0.25) is 0 Å².